The largest absolute Gasteiger partial charge is 0.480 e. The summed E-state index contributed by atoms with van der Waals surface area (Å²) in [5.41, 5.74) is 5.66. The van der Waals surface area contributed by atoms with Gasteiger partial charge in [0.25, 0.3) is 0 Å². The highest BCUT2D eigenvalue weighted by molar-refractivity contribution is 5.81. The van der Waals surface area contributed by atoms with E-state index in [9.17, 15) is 9.59 Å². The molecule has 1 atom stereocenters. The number of carbonyl (C=O) groups excluding carboxylic acids is 1. The van der Waals surface area contributed by atoms with E-state index in [1.165, 1.54) is 12.0 Å². The van der Waals surface area contributed by atoms with Crippen LogP contribution in [0, 0.1) is 11.8 Å². The van der Waals surface area contributed by atoms with Crippen molar-refractivity contribution in [2.75, 3.05) is 33.4 Å². The molecule has 0 aliphatic rings. The predicted molar refractivity (Wildman–Crippen MR) is 72.7 cm³/mol. The van der Waals surface area contributed by atoms with Gasteiger partial charge in [-0.25, -0.2) is 0 Å². The van der Waals surface area contributed by atoms with Gasteiger partial charge in [-0.2, -0.15) is 0 Å². The molecule has 0 rings (SSSR count). The van der Waals surface area contributed by atoms with E-state index in [4.69, 9.17) is 15.6 Å². The van der Waals surface area contributed by atoms with Gasteiger partial charge in [-0.15, -0.1) is 0 Å². The van der Waals surface area contributed by atoms with Crippen LogP contribution in [-0.4, -0.2) is 55.2 Å². The van der Waals surface area contributed by atoms with Gasteiger partial charge >= 0.3 is 5.97 Å². The summed E-state index contributed by atoms with van der Waals surface area (Å²) in [6, 6.07) is 0. The van der Waals surface area contributed by atoms with Crippen molar-refractivity contribution in [3.05, 3.63) is 0 Å². The Morgan fingerprint density at radius 1 is 1.37 bits per heavy atom. The standard InChI is InChI=1S/C13H26N2O4/c1-10(2)6-11(8-14)7-12(16)15(4-5-19-3)9-13(17)18/h10-11H,4-9,14H2,1-3H3,(H,17,18). The number of methoxy groups -OCH3 is 1. The predicted octanol–water partition coefficient (Wildman–Crippen LogP) is 0.557. The molecular formula is C13H26N2O4. The van der Waals surface area contributed by atoms with E-state index in [0.717, 1.165) is 6.42 Å². The highest BCUT2D eigenvalue weighted by atomic mass is 16.5. The zero-order valence-corrected chi connectivity index (χ0v) is 12.1. The summed E-state index contributed by atoms with van der Waals surface area (Å²) in [5, 5.41) is 8.81. The van der Waals surface area contributed by atoms with E-state index in [1.54, 1.807) is 0 Å². The van der Waals surface area contributed by atoms with Crippen LogP contribution >= 0.6 is 0 Å². The molecule has 19 heavy (non-hydrogen) atoms. The van der Waals surface area contributed by atoms with Crippen molar-refractivity contribution in [3.8, 4) is 0 Å². The van der Waals surface area contributed by atoms with Gasteiger partial charge in [-0.3, -0.25) is 9.59 Å². The summed E-state index contributed by atoms with van der Waals surface area (Å²) in [6.45, 7) is 4.92. The van der Waals surface area contributed by atoms with Gasteiger partial charge < -0.3 is 20.5 Å². The van der Waals surface area contributed by atoms with Gasteiger partial charge in [0.2, 0.25) is 5.91 Å². The maximum Gasteiger partial charge on any atom is 0.323 e. The van der Waals surface area contributed by atoms with Crippen molar-refractivity contribution in [1.82, 2.24) is 4.90 Å². The summed E-state index contributed by atoms with van der Waals surface area (Å²) in [6.07, 6.45) is 1.17. The Bertz CT molecular complexity index is 282. The fourth-order valence-electron chi connectivity index (χ4n) is 1.96. The second-order valence-corrected chi connectivity index (χ2v) is 5.14. The fourth-order valence-corrected chi connectivity index (χ4v) is 1.96. The maximum absolute atomic E-state index is 12.1. The van der Waals surface area contributed by atoms with Crippen LogP contribution in [-0.2, 0) is 14.3 Å². The smallest absolute Gasteiger partial charge is 0.323 e. The molecule has 0 aliphatic heterocycles. The van der Waals surface area contributed by atoms with Gasteiger partial charge in [0.15, 0.2) is 0 Å². The second kappa shape index (κ2) is 9.75. The van der Waals surface area contributed by atoms with Gasteiger partial charge in [0.1, 0.15) is 6.54 Å². The van der Waals surface area contributed by atoms with Crippen molar-refractivity contribution in [3.63, 3.8) is 0 Å². The normalized spacial score (nSPS) is 12.5. The molecule has 0 fully saturated rings. The monoisotopic (exact) mass is 274 g/mol. The third kappa shape index (κ3) is 8.56. The minimum atomic E-state index is -1.02. The quantitative estimate of drug-likeness (QED) is 0.607. The molecule has 0 radical (unpaired) electrons. The second-order valence-electron chi connectivity index (χ2n) is 5.14. The van der Waals surface area contributed by atoms with Gasteiger partial charge in [0.05, 0.1) is 6.61 Å². The molecule has 0 aromatic carbocycles. The molecule has 0 aromatic heterocycles. The number of hydrogen-bond acceptors (Lipinski definition) is 4. The zero-order chi connectivity index (χ0) is 14.8. The number of carbonyl (C=O) groups is 2. The first-order valence-corrected chi connectivity index (χ1v) is 6.59. The van der Waals surface area contributed by atoms with E-state index in [1.807, 2.05) is 0 Å². The van der Waals surface area contributed by atoms with Crippen LogP contribution < -0.4 is 5.73 Å². The first-order valence-electron chi connectivity index (χ1n) is 6.59. The summed E-state index contributed by atoms with van der Waals surface area (Å²) in [5.74, 6) is -0.618. The van der Waals surface area contributed by atoms with Crippen LogP contribution in [0.1, 0.15) is 26.7 Å². The number of nitrogens with zero attached hydrogens (tertiary/aromatic N) is 1. The summed E-state index contributed by atoms with van der Waals surface area (Å²) in [7, 11) is 1.52. The first-order chi connectivity index (χ1) is 8.90. The van der Waals surface area contributed by atoms with E-state index in [0.29, 0.717) is 32.0 Å². The van der Waals surface area contributed by atoms with Gasteiger partial charge in [0, 0.05) is 20.1 Å². The van der Waals surface area contributed by atoms with Crippen LogP contribution in [0.15, 0.2) is 0 Å². The van der Waals surface area contributed by atoms with E-state index in [2.05, 4.69) is 13.8 Å². The molecule has 1 amide bonds. The van der Waals surface area contributed by atoms with Crippen LogP contribution in [0.3, 0.4) is 0 Å². The Kier molecular flexibility index (Phi) is 9.16. The molecule has 0 aromatic rings. The molecule has 0 heterocycles. The molecular weight excluding hydrogens is 248 g/mol. The van der Waals surface area contributed by atoms with Crippen LogP contribution in [0.4, 0.5) is 0 Å². The number of amides is 1. The third-order valence-corrected chi connectivity index (χ3v) is 2.85. The molecule has 112 valence electrons. The highest BCUT2D eigenvalue weighted by Gasteiger charge is 2.20. The van der Waals surface area contributed by atoms with Crippen LogP contribution in [0.5, 0.6) is 0 Å². The number of aliphatic carboxylic acids is 1. The molecule has 1 unspecified atom stereocenters. The number of nitrogens with two attached hydrogens (primary N) is 1. The molecule has 0 bridgehead atoms. The average Bonchev–Trinajstić information content (AvgIpc) is 2.32. The Hall–Kier alpha value is -1.14. The lowest BCUT2D eigenvalue weighted by Gasteiger charge is -2.23. The highest BCUT2D eigenvalue weighted by Crippen LogP contribution is 2.15. The summed E-state index contributed by atoms with van der Waals surface area (Å²) in [4.78, 5) is 24.2. The molecule has 6 heteroatoms. The minimum Gasteiger partial charge on any atom is -0.480 e. The minimum absolute atomic E-state index is 0.103. The number of carboxylic acids is 1. The fraction of sp³-hybridized carbons (Fsp3) is 0.846. The third-order valence-electron chi connectivity index (χ3n) is 2.85. The summed E-state index contributed by atoms with van der Waals surface area (Å²) >= 11 is 0. The molecule has 3 N–H and O–H groups in total. The van der Waals surface area contributed by atoms with E-state index >= 15 is 0 Å². The van der Waals surface area contributed by atoms with Crippen molar-refractivity contribution < 1.29 is 19.4 Å². The lowest BCUT2D eigenvalue weighted by Crippen LogP contribution is -2.39. The molecule has 0 saturated heterocycles. The Morgan fingerprint density at radius 2 is 2.00 bits per heavy atom. The van der Waals surface area contributed by atoms with Crippen LogP contribution in [0.2, 0.25) is 0 Å². The number of hydrogen-bond donors (Lipinski definition) is 2. The molecule has 6 nitrogen and oxygen atoms in total. The lowest BCUT2D eigenvalue weighted by atomic mass is 9.94. The Balaban J connectivity index is 4.46. The van der Waals surface area contributed by atoms with Crippen LogP contribution in [0.25, 0.3) is 0 Å². The van der Waals surface area contributed by atoms with Crippen molar-refractivity contribution >= 4 is 11.9 Å². The first kappa shape index (κ1) is 17.9. The van der Waals surface area contributed by atoms with Crippen molar-refractivity contribution in [1.29, 1.82) is 0 Å². The maximum atomic E-state index is 12.1. The van der Waals surface area contributed by atoms with Gasteiger partial charge in [-0.1, -0.05) is 13.8 Å². The van der Waals surface area contributed by atoms with Crippen molar-refractivity contribution in [2.45, 2.75) is 26.7 Å². The SMILES string of the molecule is COCCN(CC(=O)O)C(=O)CC(CN)CC(C)C. The number of ether oxygens (including phenoxy) is 1. The molecule has 0 saturated carbocycles. The zero-order valence-electron chi connectivity index (χ0n) is 12.1. The summed E-state index contributed by atoms with van der Waals surface area (Å²) < 4.78 is 4.89. The lowest BCUT2D eigenvalue weighted by molar-refractivity contribution is -0.145. The molecule has 0 spiro atoms. The van der Waals surface area contributed by atoms with Crippen molar-refractivity contribution in [2.24, 2.45) is 17.6 Å². The van der Waals surface area contributed by atoms with E-state index in [-0.39, 0.29) is 18.4 Å². The van der Waals surface area contributed by atoms with Gasteiger partial charge in [-0.05, 0) is 24.8 Å². The number of carboxylic acid groups (broad SMARTS) is 1. The Morgan fingerprint density at radius 3 is 2.42 bits per heavy atom. The Labute approximate surface area is 114 Å². The van der Waals surface area contributed by atoms with E-state index < -0.39 is 5.97 Å². The average molecular weight is 274 g/mol. The topological polar surface area (TPSA) is 92.9 Å². The number of rotatable bonds is 10. The molecule has 0 aliphatic carbocycles.